The van der Waals surface area contributed by atoms with Crippen LogP contribution in [0.5, 0.6) is 0 Å². The summed E-state index contributed by atoms with van der Waals surface area (Å²) < 4.78 is 0. The van der Waals surface area contributed by atoms with Gasteiger partial charge >= 0.3 is 0 Å². The molecule has 1 atom stereocenters. The first-order chi connectivity index (χ1) is 7.73. The second kappa shape index (κ2) is 4.88. The van der Waals surface area contributed by atoms with Gasteiger partial charge in [-0.1, -0.05) is 32.9 Å². The number of benzene rings is 1. The van der Waals surface area contributed by atoms with Gasteiger partial charge in [-0.3, -0.25) is 4.79 Å². The molecule has 1 amide bonds. The van der Waals surface area contributed by atoms with E-state index in [-0.39, 0.29) is 11.3 Å². The van der Waals surface area contributed by atoms with Gasteiger partial charge in [0.1, 0.15) is 0 Å². The molecule has 1 aromatic rings. The summed E-state index contributed by atoms with van der Waals surface area (Å²) in [6.07, 6.45) is 0. The molecule has 0 unspecified atom stereocenters. The van der Waals surface area contributed by atoms with Crippen LogP contribution >= 0.6 is 0 Å². The number of carbonyl (C=O) groups excluding carboxylic acids is 1. The quantitative estimate of drug-likeness (QED) is 0.826. The molecule has 3 nitrogen and oxygen atoms in total. The molecule has 0 bridgehead atoms. The Balaban J connectivity index is 2.86. The van der Waals surface area contributed by atoms with E-state index < -0.39 is 6.04 Å². The molecule has 0 radical (unpaired) electrons. The van der Waals surface area contributed by atoms with Crippen molar-refractivity contribution >= 4 is 11.6 Å². The van der Waals surface area contributed by atoms with Gasteiger partial charge in [0.15, 0.2) is 0 Å². The number of amides is 1. The second-order valence-corrected chi connectivity index (χ2v) is 5.58. The minimum absolute atomic E-state index is 0.133. The molecule has 0 aliphatic heterocycles. The predicted molar refractivity (Wildman–Crippen MR) is 72.0 cm³/mol. The van der Waals surface area contributed by atoms with Crippen molar-refractivity contribution in [1.29, 1.82) is 0 Å². The molecule has 0 heterocycles. The summed E-state index contributed by atoms with van der Waals surface area (Å²) >= 11 is 0. The van der Waals surface area contributed by atoms with E-state index in [1.165, 1.54) is 0 Å². The normalized spacial score (nSPS) is 13.3. The number of rotatable bonds is 2. The molecule has 0 spiro atoms. The molecule has 3 heteroatoms. The Kier molecular flexibility index (Phi) is 3.94. The van der Waals surface area contributed by atoms with Gasteiger partial charge in [0.25, 0.3) is 0 Å². The fourth-order valence-corrected chi connectivity index (χ4v) is 1.49. The third-order valence-corrected chi connectivity index (χ3v) is 3.08. The van der Waals surface area contributed by atoms with E-state index in [2.05, 4.69) is 5.32 Å². The third-order valence-electron chi connectivity index (χ3n) is 3.08. The van der Waals surface area contributed by atoms with Crippen molar-refractivity contribution < 1.29 is 4.79 Å². The highest BCUT2D eigenvalue weighted by Crippen LogP contribution is 2.21. The summed E-state index contributed by atoms with van der Waals surface area (Å²) in [6.45, 7) is 9.89. The molecule has 0 saturated heterocycles. The Morgan fingerprint density at radius 1 is 1.29 bits per heavy atom. The minimum atomic E-state index is -0.512. The smallest absolute Gasteiger partial charge is 0.241 e. The first-order valence-electron chi connectivity index (χ1n) is 5.86. The first-order valence-corrected chi connectivity index (χ1v) is 5.86. The number of aryl methyl sites for hydroxylation is 1. The maximum atomic E-state index is 12.0. The van der Waals surface area contributed by atoms with Gasteiger partial charge in [-0.2, -0.15) is 0 Å². The SMILES string of the molecule is Cc1cccc(NC(=O)[C@H](N)C(C)(C)C)c1C. The molecule has 0 aliphatic rings. The molecule has 0 saturated carbocycles. The van der Waals surface area contributed by atoms with E-state index >= 15 is 0 Å². The topological polar surface area (TPSA) is 55.1 Å². The van der Waals surface area contributed by atoms with Gasteiger partial charge in [-0.25, -0.2) is 0 Å². The standard InChI is InChI=1S/C14H22N2O/c1-9-7-6-8-11(10(9)2)16-13(17)12(15)14(3,4)5/h6-8,12H,15H2,1-5H3,(H,16,17)/t12-/m0/s1. The molecule has 0 fully saturated rings. The molecule has 1 rings (SSSR count). The van der Waals surface area contributed by atoms with Gasteiger partial charge in [0.05, 0.1) is 6.04 Å². The summed E-state index contributed by atoms with van der Waals surface area (Å²) in [4.78, 5) is 12.0. The van der Waals surface area contributed by atoms with Crippen LogP contribution in [0, 0.1) is 19.3 Å². The zero-order valence-electron chi connectivity index (χ0n) is 11.3. The average molecular weight is 234 g/mol. The minimum Gasteiger partial charge on any atom is -0.324 e. The van der Waals surface area contributed by atoms with E-state index in [4.69, 9.17) is 5.73 Å². The molecule has 3 N–H and O–H groups in total. The largest absolute Gasteiger partial charge is 0.324 e. The summed E-state index contributed by atoms with van der Waals surface area (Å²) in [5, 5.41) is 2.89. The summed E-state index contributed by atoms with van der Waals surface area (Å²) in [6, 6.07) is 5.34. The molecule has 0 aliphatic carbocycles. The Morgan fingerprint density at radius 2 is 1.88 bits per heavy atom. The van der Waals surface area contributed by atoms with Crippen LogP contribution in [0.15, 0.2) is 18.2 Å². The van der Waals surface area contributed by atoms with Crippen molar-refractivity contribution in [2.24, 2.45) is 11.1 Å². The number of nitrogens with one attached hydrogen (secondary N) is 1. The highest BCUT2D eigenvalue weighted by atomic mass is 16.2. The second-order valence-electron chi connectivity index (χ2n) is 5.58. The van der Waals surface area contributed by atoms with Gasteiger partial charge in [-0.15, -0.1) is 0 Å². The third kappa shape index (κ3) is 3.30. The van der Waals surface area contributed by atoms with E-state index in [1.807, 2.05) is 52.8 Å². The van der Waals surface area contributed by atoms with E-state index in [0.717, 1.165) is 16.8 Å². The lowest BCUT2D eigenvalue weighted by molar-refractivity contribution is -0.119. The van der Waals surface area contributed by atoms with E-state index in [9.17, 15) is 4.79 Å². The van der Waals surface area contributed by atoms with Crippen molar-refractivity contribution in [3.8, 4) is 0 Å². The Hall–Kier alpha value is -1.35. The van der Waals surface area contributed by atoms with Crippen LogP contribution in [0.25, 0.3) is 0 Å². The highest BCUT2D eigenvalue weighted by Gasteiger charge is 2.27. The molecule has 17 heavy (non-hydrogen) atoms. The fraction of sp³-hybridized carbons (Fsp3) is 0.500. The first kappa shape index (κ1) is 13.7. The molecular weight excluding hydrogens is 212 g/mol. The van der Waals surface area contributed by atoms with Gasteiger partial charge < -0.3 is 11.1 Å². The number of hydrogen-bond donors (Lipinski definition) is 2. The van der Waals surface area contributed by atoms with Crippen LogP contribution in [0.3, 0.4) is 0 Å². The average Bonchev–Trinajstić information content (AvgIpc) is 2.22. The van der Waals surface area contributed by atoms with Crippen LogP contribution in [0.2, 0.25) is 0 Å². The highest BCUT2D eigenvalue weighted by molar-refractivity contribution is 5.95. The number of hydrogen-bond acceptors (Lipinski definition) is 2. The fourth-order valence-electron chi connectivity index (χ4n) is 1.49. The van der Waals surface area contributed by atoms with Crippen molar-refractivity contribution in [2.75, 3.05) is 5.32 Å². The van der Waals surface area contributed by atoms with Crippen LogP contribution in [-0.2, 0) is 4.79 Å². The molecule has 94 valence electrons. The van der Waals surface area contributed by atoms with Crippen molar-refractivity contribution in [3.63, 3.8) is 0 Å². The van der Waals surface area contributed by atoms with Crippen LogP contribution in [-0.4, -0.2) is 11.9 Å². The molecule has 1 aromatic carbocycles. The van der Waals surface area contributed by atoms with Crippen LogP contribution in [0.4, 0.5) is 5.69 Å². The molecular formula is C14H22N2O. The van der Waals surface area contributed by atoms with Crippen LogP contribution in [0.1, 0.15) is 31.9 Å². The Bertz CT molecular complexity index is 419. The Labute approximate surface area is 103 Å². The van der Waals surface area contributed by atoms with Crippen LogP contribution < -0.4 is 11.1 Å². The maximum Gasteiger partial charge on any atom is 0.241 e. The number of anilines is 1. The summed E-state index contributed by atoms with van der Waals surface area (Å²) in [5.41, 5.74) is 8.77. The lowest BCUT2D eigenvalue weighted by Gasteiger charge is -2.26. The maximum absolute atomic E-state index is 12.0. The lowest BCUT2D eigenvalue weighted by atomic mass is 9.87. The monoisotopic (exact) mass is 234 g/mol. The molecule has 0 aromatic heterocycles. The predicted octanol–water partition coefficient (Wildman–Crippen LogP) is 2.62. The van der Waals surface area contributed by atoms with Crippen molar-refractivity contribution in [2.45, 2.75) is 40.7 Å². The zero-order chi connectivity index (χ0) is 13.2. The van der Waals surface area contributed by atoms with Gasteiger partial charge in [0.2, 0.25) is 5.91 Å². The lowest BCUT2D eigenvalue weighted by Crippen LogP contribution is -2.45. The van der Waals surface area contributed by atoms with Crippen molar-refractivity contribution in [3.05, 3.63) is 29.3 Å². The zero-order valence-corrected chi connectivity index (χ0v) is 11.3. The summed E-state index contributed by atoms with van der Waals surface area (Å²) in [7, 11) is 0. The number of carbonyl (C=O) groups is 1. The van der Waals surface area contributed by atoms with E-state index in [0.29, 0.717) is 0 Å². The van der Waals surface area contributed by atoms with E-state index in [1.54, 1.807) is 0 Å². The summed E-state index contributed by atoms with van der Waals surface area (Å²) in [5.74, 6) is -0.133. The van der Waals surface area contributed by atoms with Crippen molar-refractivity contribution in [1.82, 2.24) is 0 Å². The Morgan fingerprint density at radius 3 is 2.41 bits per heavy atom. The van der Waals surface area contributed by atoms with Gasteiger partial charge in [-0.05, 0) is 36.5 Å². The van der Waals surface area contributed by atoms with Gasteiger partial charge in [0, 0.05) is 5.69 Å². The number of nitrogens with two attached hydrogens (primary N) is 1.